The summed E-state index contributed by atoms with van der Waals surface area (Å²) in [6.45, 7) is 2.31. The summed E-state index contributed by atoms with van der Waals surface area (Å²) in [5, 5.41) is 11.2. The minimum atomic E-state index is -0.115. The number of nitrogens with zero attached hydrogens (tertiary/aromatic N) is 5. The van der Waals surface area contributed by atoms with E-state index < -0.39 is 0 Å². The second-order valence-corrected chi connectivity index (χ2v) is 6.24. The van der Waals surface area contributed by atoms with Gasteiger partial charge in [-0.1, -0.05) is 24.3 Å². The number of carbonyl (C=O) groups excluding carboxylic acids is 1. The molecular weight excluding hydrogens is 354 g/mol. The third-order valence-corrected chi connectivity index (χ3v) is 4.17. The summed E-state index contributed by atoms with van der Waals surface area (Å²) < 4.78 is 1.76. The zero-order chi connectivity index (χ0) is 19.3. The van der Waals surface area contributed by atoms with E-state index in [1.165, 1.54) is 6.33 Å². The topological polar surface area (TPSA) is 97.6 Å². The first kappa shape index (κ1) is 17.6. The Bertz CT molecular complexity index is 1110. The molecule has 0 bridgehead atoms. The molecule has 3 aromatic heterocycles. The highest BCUT2D eigenvalue weighted by atomic mass is 16.1. The number of carbonyl (C=O) groups is 1. The van der Waals surface area contributed by atoms with Crippen molar-refractivity contribution in [1.82, 2.24) is 24.7 Å². The number of aromatic nitrogens is 5. The van der Waals surface area contributed by atoms with E-state index in [0.717, 1.165) is 16.8 Å². The van der Waals surface area contributed by atoms with Gasteiger partial charge in [-0.15, -0.1) is 0 Å². The Labute approximate surface area is 161 Å². The molecule has 0 unspecified atom stereocenters. The summed E-state index contributed by atoms with van der Waals surface area (Å²) in [6.07, 6.45) is 3.50. The number of pyridine rings is 1. The van der Waals surface area contributed by atoms with Crippen molar-refractivity contribution in [2.24, 2.45) is 0 Å². The summed E-state index contributed by atoms with van der Waals surface area (Å²) in [7, 11) is 0. The second kappa shape index (κ2) is 7.83. The molecule has 0 aliphatic carbocycles. The Morgan fingerprint density at radius 1 is 1.07 bits per heavy atom. The Morgan fingerprint density at radius 3 is 2.75 bits per heavy atom. The normalized spacial score (nSPS) is 10.8. The van der Waals surface area contributed by atoms with Gasteiger partial charge in [-0.05, 0) is 31.2 Å². The van der Waals surface area contributed by atoms with Crippen molar-refractivity contribution < 1.29 is 4.79 Å². The predicted molar refractivity (Wildman–Crippen MR) is 107 cm³/mol. The van der Waals surface area contributed by atoms with Gasteiger partial charge < -0.3 is 10.6 Å². The first-order valence-corrected chi connectivity index (χ1v) is 8.92. The van der Waals surface area contributed by atoms with Crippen LogP contribution in [0, 0.1) is 6.92 Å². The molecule has 3 heterocycles. The lowest BCUT2D eigenvalue weighted by Crippen LogP contribution is -2.17. The Morgan fingerprint density at radius 2 is 1.93 bits per heavy atom. The Balaban J connectivity index is 1.43. The molecule has 8 heteroatoms. The number of amides is 1. The van der Waals surface area contributed by atoms with Crippen LogP contribution in [-0.4, -0.2) is 37.2 Å². The molecule has 1 amide bonds. The summed E-state index contributed by atoms with van der Waals surface area (Å²) in [5.41, 5.74) is 2.49. The maximum Gasteiger partial charge on any atom is 0.227 e. The van der Waals surface area contributed by atoms with Gasteiger partial charge in [-0.3, -0.25) is 4.79 Å². The fourth-order valence-electron chi connectivity index (χ4n) is 2.86. The fourth-order valence-corrected chi connectivity index (χ4v) is 2.86. The van der Waals surface area contributed by atoms with Crippen LogP contribution in [0.5, 0.6) is 0 Å². The van der Waals surface area contributed by atoms with E-state index in [0.29, 0.717) is 23.8 Å². The molecule has 0 fully saturated rings. The average Bonchev–Trinajstić information content (AvgIpc) is 3.14. The van der Waals surface area contributed by atoms with Crippen molar-refractivity contribution in [3.63, 3.8) is 0 Å². The molecule has 8 nitrogen and oxygen atoms in total. The zero-order valence-electron chi connectivity index (χ0n) is 15.3. The van der Waals surface area contributed by atoms with Crippen LogP contribution in [0.15, 0.2) is 61.1 Å². The molecule has 0 spiro atoms. The highest BCUT2D eigenvalue weighted by molar-refractivity contribution is 5.90. The van der Waals surface area contributed by atoms with Crippen molar-refractivity contribution >= 4 is 28.6 Å². The number of hydrogen-bond acceptors (Lipinski definition) is 6. The Kier molecular flexibility index (Phi) is 4.92. The van der Waals surface area contributed by atoms with Gasteiger partial charge in [0.05, 0.1) is 17.3 Å². The van der Waals surface area contributed by atoms with Crippen LogP contribution in [0.1, 0.15) is 12.1 Å². The number of hydrogen-bond donors (Lipinski definition) is 2. The maximum absolute atomic E-state index is 12.1. The van der Waals surface area contributed by atoms with Gasteiger partial charge in [0.25, 0.3) is 0 Å². The number of fused-ring (bicyclic) bond motifs is 1. The van der Waals surface area contributed by atoms with E-state index in [2.05, 4.69) is 30.7 Å². The standard InChI is InChI=1S/C20H19N7O/c1-14-6-5-9-17(25-14)26-18(28)10-11-21-19-16-12-24-27(20(16)23-13-22-19)15-7-3-2-4-8-15/h2-9,12-13H,10-11H2,1H3,(H,21,22,23)(H,25,26,28). The van der Waals surface area contributed by atoms with Crippen molar-refractivity contribution in [2.75, 3.05) is 17.2 Å². The number of nitrogens with one attached hydrogen (secondary N) is 2. The molecule has 4 aromatic rings. The molecule has 0 atom stereocenters. The number of rotatable bonds is 6. The van der Waals surface area contributed by atoms with Crippen LogP contribution in [-0.2, 0) is 4.79 Å². The molecule has 140 valence electrons. The van der Waals surface area contributed by atoms with Crippen LogP contribution >= 0.6 is 0 Å². The number of aryl methyl sites for hydroxylation is 1. The minimum Gasteiger partial charge on any atom is -0.369 e. The van der Waals surface area contributed by atoms with E-state index in [1.54, 1.807) is 16.9 Å². The average molecular weight is 373 g/mol. The van der Waals surface area contributed by atoms with Gasteiger partial charge in [0.2, 0.25) is 5.91 Å². The molecule has 0 aliphatic rings. The van der Waals surface area contributed by atoms with Crippen LogP contribution in [0.25, 0.3) is 16.7 Å². The van der Waals surface area contributed by atoms with Crippen molar-refractivity contribution in [1.29, 1.82) is 0 Å². The van der Waals surface area contributed by atoms with E-state index in [-0.39, 0.29) is 12.3 Å². The van der Waals surface area contributed by atoms with Crippen molar-refractivity contribution in [3.05, 3.63) is 66.7 Å². The quantitative estimate of drug-likeness (QED) is 0.539. The molecule has 2 N–H and O–H groups in total. The molecule has 0 radical (unpaired) electrons. The first-order valence-electron chi connectivity index (χ1n) is 8.92. The van der Waals surface area contributed by atoms with Crippen LogP contribution in [0.3, 0.4) is 0 Å². The largest absolute Gasteiger partial charge is 0.369 e. The minimum absolute atomic E-state index is 0.115. The van der Waals surface area contributed by atoms with E-state index in [9.17, 15) is 4.79 Å². The number of para-hydroxylation sites is 1. The third-order valence-electron chi connectivity index (χ3n) is 4.17. The maximum atomic E-state index is 12.1. The number of anilines is 2. The fraction of sp³-hybridized carbons (Fsp3) is 0.150. The molecule has 0 aliphatic heterocycles. The second-order valence-electron chi connectivity index (χ2n) is 6.24. The summed E-state index contributed by atoms with van der Waals surface area (Å²) >= 11 is 0. The van der Waals surface area contributed by atoms with E-state index in [4.69, 9.17) is 0 Å². The summed E-state index contributed by atoms with van der Waals surface area (Å²) in [4.78, 5) is 25.0. The lowest BCUT2D eigenvalue weighted by molar-refractivity contribution is -0.116. The smallest absolute Gasteiger partial charge is 0.227 e. The summed E-state index contributed by atoms with van der Waals surface area (Å²) in [6, 6.07) is 15.3. The molecule has 28 heavy (non-hydrogen) atoms. The molecule has 4 rings (SSSR count). The zero-order valence-corrected chi connectivity index (χ0v) is 15.3. The lowest BCUT2D eigenvalue weighted by atomic mass is 10.3. The van der Waals surface area contributed by atoms with Gasteiger partial charge in [0.1, 0.15) is 18.0 Å². The van der Waals surface area contributed by atoms with Gasteiger partial charge in [0.15, 0.2) is 5.65 Å². The lowest BCUT2D eigenvalue weighted by Gasteiger charge is -2.08. The van der Waals surface area contributed by atoms with Crippen LogP contribution in [0.4, 0.5) is 11.6 Å². The van der Waals surface area contributed by atoms with Gasteiger partial charge in [-0.25, -0.2) is 19.6 Å². The van der Waals surface area contributed by atoms with E-state index in [1.807, 2.05) is 49.4 Å². The molecule has 1 aromatic carbocycles. The van der Waals surface area contributed by atoms with Crippen LogP contribution < -0.4 is 10.6 Å². The van der Waals surface area contributed by atoms with Gasteiger partial charge >= 0.3 is 0 Å². The van der Waals surface area contributed by atoms with Crippen molar-refractivity contribution in [3.8, 4) is 5.69 Å². The van der Waals surface area contributed by atoms with Crippen molar-refractivity contribution in [2.45, 2.75) is 13.3 Å². The highest BCUT2D eigenvalue weighted by Gasteiger charge is 2.11. The highest BCUT2D eigenvalue weighted by Crippen LogP contribution is 2.21. The Hall–Kier alpha value is -3.81. The molecule has 0 saturated carbocycles. The van der Waals surface area contributed by atoms with Crippen LogP contribution in [0.2, 0.25) is 0 Å². The van der Waals surface area contributed by atoms with Gasteiger partial charge in [0, 0.05) is 18.7 Å². The van der Waals surface area contributed by atoms with Gasteiger partial charge in [-0.2, -0.15) is 5.10 Å². The van der Waals surface area contributed by atoms with E-state index >= 15 is 0 Å². The molecule has 0 saturated heterocycles. The summed E-state index contributed by atoms with van der Waals surface area (Å²) in [5.74, 6) is 1.09. The molecular formula is C20H19N7O. The monoisotopic (exact) mass is 373 g/mol. The number of benzene rings is 1. The third kappa shape index (κ3) is 3.80. The first-order chi connectivity index (χ1) is 13.7. The SMILES string of the molecule is Cc1cccc(NC(=O)CCNc2ncnc3c2cnn3-c2ccccc2)n1. The predicted octanol–water partition coefficient (Wildman–Crippen LogP) is 2.96.